The zero-order valence-corrected chi connectivity index (χ0v) is 21.9. The molecule has 0 saturated heterocycles. The average molecular weight is 483 g/mol. The molecule has 1 unspecified atom stereocenters. The molecule has 1 aliphatic rings. The number of rotatable bonds is 16. The Balaban J connectivity index is 1.80. The molecule has 0 amide bonds. The SMILES string of the molecule is C=CNCCC(CCc1ccc(C2CCC2)c(/C(=C/N=C)NCCCCC)c1)c1ccc(C#N)cc1. The van der Waals surface area contributed by atoms with Gasteiger partial charge in [-0.2, -0.15) is 5.26 Å². The van der Waals surface area contributed by atoms with Crippen molar-refractivity contribution in [3.63, 3.8) is 0 Å². The van der Waals surface area contributed by atoms with Crippen molar-refractivity contribution >= 4 is 12.4 Å². The minimum Gasteiger partial charge on any atom is -0.391 e. The Morgan fingerprint density at radius 2 is 1.94 bits per heavy atom. The van der Waals surface area contributed by atoms with Gasteiger partial charge in [-0.15, -0.1) is 0 Å². The van der Waals surface area contributed by atoms with Crippen LogP contribution in [0.5, 0.6) is 0 Å². The van der Waals surface area contributed by atoms with Gasteiger partial charge in [-0.25, -0.2) is 0 Å². The number of benzene rings is 2. The van der Waals surface area contributed by atoms with Gasteiger partial charge in [0.05, 0.1) is 17.3 Å². The van der Waals surface area contributed by atoms with E-state index in [9.17, 15) is 5.26 Å². The van der Waals surface area contributed by atoms with Gasteiger partial charge in [-0.3, -0.25) is 4.99 Å². The smallest absolute Gasteiger partial charge is 0.0991 e. The third-order valence-corrected chi connectivity index (χ3v) is 7.34. The van der Waals surface area contributed by atoms with Crippen molar-refractivity contribution < 1.29 is 0 Å². The summed E-state index contributed by atoms with van der Waals surface area (Å²) in [5.41, 5.74) is 7.20. The van der Waals surface area contributed by atoms with Crippen molar-refractivity contribution in [2.75, 3.05) is 13.1 Å². The Kier molecular flexibility index (Phi) is 11.3. The summed E-state index contributed by atoms with van der Waals surface area (Å²) in [4.78, 5) is 4.14. The molecule has 1 aliphatic carbocycles. The second kappa shape index (κ2) is 14.9. The van der Waals surface area contributed by atoms with Crippen molar-refractivity contribution in [1.29, 1.82) is 5.26 Å². The highest BCUT2D eigenvalue weighted by molar-refractivity contribution is 5.68. The standard InChI is InChI=1S/C32H42N4/c1-4-6-7-20-36-32(24-34-3)31-22-25(14-18-30(31)29-9-8-10-29)11-15-28(19-21-35-5-2)27-16-12-26(23-33)13-17-27/h5,12-14,16-18,22,24,28-29,35-36H,2-4,6-11,15,19-21H2,1H3/b32-24-. The summed E-state index contributed by atoms with van der Waals surface area (Å²) in [6.45, 7) is 11.6. The van der Waals surface area contributed by atoms with E-state index >= 15 is 0 Å². The van der Waals surface area contributed by atoms with Gasteiger partial charge < -0.3 is 10.6 Å². The molecule has 0 aliphatic heterocycles. The maximum Gasteiger partial charge on any atom is 0.0991 e. The molecule has 1 atom stereocenters. The van der Waals surface area contributed by atoms with E-state index in [1.165, 1.54) is 54.4 Å². The predicted molar refractivity (Wildman–Crippen MR) is 153 cm³/mol. The van der Waals surface area contributed by atoms with Crippen LogP contribution >= 0.6 is 0 Å². The van der Waals surface area contributed by atoms with Crippen LogP contribution in [0.1, 0.15) is 97.9 Å². The molecule has 4 heteroatoms. The van der Waals surface area contributed by atoms with Gasteiger partial charge in [-0.05, 0) is 98.2 Å². The van der Waals surface area contributed by atoms with E-state index in [-0.39, 0.29) is 0 Å². The third kappa shape index (κ3) is 7.85. The summed E-state index contributed by atoms with van der Waals surface area (Å²) in [6.07, 6.45) is 14.2. The van der Waals surface area contributed by atoms with Crippen molar-refractivity contribution in [2.24, 2.45) is 4.99 Å². The fourth-order valence-electron chi connectivity index (χ4n) is 4.98. The van der Waals surface area contributed by atoms with E-state index in [1.807, 2.05) is 18.3 Å². The first-order chi connectivity index (χ1) is 17.7. The molecule has 190 valence electrons. The maximum atomic E-state index is 9.17. The lowest BCUT2D eigenvalue weighted by molar-refractivity contribution is 0.419. The highest BCUT2D eigenvalue weighted by atomic mass is 14.9. The topological polar surface area (TPSA) is 60.2 Å². The van der Waals surface area contributed by atoms with E-state index in [1.54, 1.807) is 6.20 Å². The molecule has 36 heavy (non-hydrogen) atoms. The molecule has 0 aromatic heterocycles. The van der Waals surface area contributed by atoms with Crippen LogP contribution in [0.25, 0.3) is 5.70 Å². The second-order valence-corrected chi connectivity index (χ2v) is 9.82. The molecule has 2 aromatic carbocycles. The van der Waals surface area contributed by atoms with Crippen LogP contribution in [0.3, 0.4) is 0 Å². The molecule has 0 bridgehead atoms. The molecule has 4 nitrogen and oxygen atoms in total. The number of aryl methyl sites for hydroxylation is 1. The fourth-order valence-corrected chi connectivity index (χ4v) is 4.98. The lowest BCUT2D eigenvalue weighted by Crippen LogP contribution is -2.18. The number of nitriles is 1. The minimum absolute atomic E-state index is 0.414. The zero-order chi connectivity index (χ0) is 25.6. The lowest BCUT2D eigenvalue weighted by atomic mass is 9.77. The molecule has 2 N–H and O–H groups in total. The Hall–Kier alpha value is -3.32. The highest BCUT2D eigenvalue weighted by Gasteiger charge is 2.24. The van der Waals surface area contributed by atoms with Crippen LogP contribution in [0.4, 0.5) is 0 Å². The molecule has 3 rings (SSSR count). The number of nitrogens with one attached hydrogen (secondary N) is 2. The minimum atomic E-state index is 0.414. The Labute approximate surface area is 218 Å². The van der Waals surface area contributed by atoms with Gasteiger partial charge >= 0.3 is 0 Å². The zero-order valence-electron chi connectivity index (χ0n) is 21.9. The molecule has 0 radical (unpaired) electrons. The van der Waals surface area contributed by atoms with E-state index in [0.29, 0.717) is 17.4 Å². The van der Waals surface area contributed by atoms with E-state index in [4.69, 9.17) is 0 Å². The van der Waals surface area contributed by atoms with Gasteiger partial charge in [0, 0.05) is 24.9 Å². The lowest BCUT2D eigenvalue weighted by Gasteiger charge is -2.29. The van der Waals surface area contributed by atoms with Crippen molar-refractivity contribution in [3.8, 4) is 6.07 Å². The first-order valence-electron chi connectivity index (χ1n) is 13.6. The number of hydrogen-bond donors (Lipinski definition) is 2. The van der Waals surface area contributed by atoms with E-state index < -0.39 is 0 Å². The molecule has 0 spiro atoms. The molecule has 0 heterocycles. The van der Waals surface area contributed by atoms with Gasteiger partial charge in [0.1, 0.15) is 0 Å². The summed E-state index contributed by atoms with van der Waals surface area (Å²) in [6, 6.07) is 17.4. The van der Waals surface area contributed by atoms with Crippen LogP contribution in [0.2, 0.25) is 0 Å². The van der Waals surface area contributed by atoms with Gasteiger partial charge in [0.2, 0.25) is 0 Å². The van der Waals surface area contributed by atoms with Gasteiger partial charge in [0.15, 0.2) is 0 Å². The Morgan fingerprint density at radius 1 is 1.14 bits per heavy atom. The molecular weight excluding hydrogens is 440 g/mol. The number of nitrogens with zero attached hydrogens (tertiary/aromatic N) is 2. The maximum absolute atomic E-state index is 9.17. The van der Waals surface area contributed by atoms with Crippen molar-refractivity contribution in [3.05, 3.63) is 89.3 Å². The molecule has 1 fully saturated rings. The van der Waals surface area contributed by atoms with Crippen LogP contribution in [-0.4, -0.2) is 19.8 Å². The first kappa shape index (κ1) is 27.3. The fraction of sp³-hybridized carbons (Fsp3) is 0.438. The van der Waals surface area contributed by atoms with E-state index in [0.717, 1.165) is 44.5 Å². The summed E-state index contributed by atoms with van der Waals surface area (Å²) in [7, 11) is 0. The molecule has 2 aromatic rings. The number of aliphatic imine (C=N–C) groups is 1. The Bertz CT molecular complexity index is 1040. The third-order valence-electron chi connectivity index (χ3n) is 7.34. The largest absolute Gasteiger partial charge is 0.391 e. The van der Waals surface area contributed by atoms with Crippen LogP contribution < -0.4 is 10.6 Å². The van der Waals surface area contributed by atoms with Gasteiger partial charge in [-0.1, -0.05) is 57.0 Å². The average Bonchev–Trinajstić information content (AvgIpc) is 2.88. The summed E-state index contributed by atoms with van der Waals surface area (Å²) in [5, 5.41) is 16.1. The monoisotopic (exact) mass is 482 g/mol. The van der Waals surface area contributed by atoms with Crippen LogP contribution in [-0.2, 0) is 6.42 Å². The number of unbranched alkanes of at least 4 members (excludes halogenated alkanes) is 2. The van der Waals surface area contributed by atoms with Crippen molar-refractivity contribution in [1.82, 2.24) is 10.6 Å². The van der Waals surface area contributed by atoms with E-state index in [2.05, 4.69) is 72.2 Å². The summed E-state index contributed by atoms with van der Waals surface area (Å²) < 4.78 is 0. The van der Waals surface area contributed by atoms with Crippen LogP contribution in [0, 0.1) is 11.3 Å². The first-order valence-corrected chi connectivity index (χ1v) is 13.6. The predicted octanol–water partition coefficient (Wildman–Crippen LogP) is 7.44. The normalized spacial score (nSPS) is 14.4. The van der Waals surface area contributed by atoms with Crippen molar-refractivity contribution in [2.45, 2.75) is 76.5 Å². The molecule has 1 saturated carbocycles. The van der Waals surface area contributed by atoms with Crippen LogP contribution in [0.15, 0.2) is 66.4 Å². The Morgan fingerprint density at radius 3 is 2.58 bits per heavy atom. The quantitative estimate of drug-likeness (QED) is 0.193. The highest BCUT2D eigenvalue weighted by Crippen LogP contribution is 2.40. The number of hydrogen-bond acceptors (Lipinski definition) is 4. The van der Waals surface area contributed by atoms with Gasteiger partial charge in [0.25, 0.3) is 0 Å². The summed E-state index contributed by atoms with van der Waals surface area (Å²) in [5.74, 6) is 1.06. The molecular formula is C32H42N4. The second-order valence-electron chi connectivity index (χ2n) is 9.82. The summed E-state index contributed by atoms with van der Waals surface area (Å²) >= 11 is 0.